The zero-order chi connectivity index (χ0) is 18.5. The van der Waals surface area contributed by atoms with Gasteiger partial charge in [-0.25, -0.2) is 9.59 Å². The van der Waals surface area contributed by atoms with Crippen LogP contribution < -0.4 is 5.32 Å². The van der Waals surface area contributed by atoms with Gasteiger partial charge >= 0.3 is 18.2 Å². The van der Waals surface area contributed by atoms with Crippen LogP contribution in [0.4, 0.5) is 9.59 Å². The molecule has 8 nitrogen and oxygen atoms in total. The van der Waals surface area contributed by atoms with Crippen molar-refractivity contribution in [2.75, 3.05) is 13.1 Å². The molecule has 2 amide bonds. The Bertz CT molecular complexity index is 519. The van der Waals surface area contributed by atoms with Crippen LogP contribution >= 0.6 is 0 Å². The monoisotopic (exact) mass is 341 g/mol. The molecular weight excluding hydrogens is 314 g/mol. The normalized spacial score (nSPS) is 16.7. The minimum absolute atomic E-state index is 0.127. The van der Waals surface area contributed by atoms with Crippen LogP contribution in [0, 0.1) is 0 Å². The number of amides is 2. The average molecular weight is 341 g/mol. The Morgan fingerprint density at radius 2 is 1.62 bits per heavy atom. The average Bonchev–Trinajstić information content (AvgIpc) is 2.34. The Morgan fingerprint density at radius 3 is 2.08 bits per heavy atom. The van der Waals surface area contributed by atoms with Gasteiger partial charge < -0.3 is 19.7 Å². The summed E-state index contributed by atoms with van der Waals surface area (Å²) in [6.07, 6.45) is -0.936. The Labute approximate surface area is 142 Å². The van der Waals surface area contributed by atoms with Crippen LogP contribution in [-0.4, -0.2) is 53.1 Å². The van der Waals surface area contributed by atoms with Crippen LogP contribution in [0.2, 0.25) is 0 Å². The molecular formula is C16H27N3O5. The topological polar surface area (TPSA) is 97.3 Å². The van der Waals surface area contributed by atoms with Crippen molar-refractivity contribution in [1.82, 2.24) is 10.2 Å². The lowest BCUT2D eigenvalue weighted by molar-refractivity contribution is -0.120. The van der Waals surface area contributed by atoms with Gasteiger partial charge in [-0.05, 0) is 41.5 Å². The molecule has 0 aromatic carbocycles. The van der Waals surface area contributed by atoms with Gasteiger partial charge in [-0.1, -0.05) is 0 Å². The zero-order valence-corrected chi connectivity index (χ0v) is 15.3. The minimum atomic E-state index is -0.849. The summed E-state index contributed by atoms with van der Waals surface area (Å²) in [5.41, 5.74) is -1.21. The van der Waals surface area contributed by atoms with Gasteiger partial charge in [0.15, 0.2) is 0 Å². The number of carbonyl (C=O) groups is 3. The first-order valence-corrected chi connectivity index (χ1v) is 7.94. The highest BCUT2D eigenvalue weighted by atomic mass is 16.6. The Hall–Kier alpha value is -2.12. The van der Waals surface area contributed by atoms with Crippen molar-refractivity contribution in [3.63, 3.8) is 0 Å². The predicted molar refractivity (Wildman–Crippen MR) is 88.9 cm³/mol. The van der Waals surface area contributed by atoms with Crippen LogP contribution in [0.25, 0.3) is 0 Å². The molecule has 1 aliphatic rings. The van der Waals surface area contributed by atoms with Gasteiger partial charge in [-0.3, -0.25) is 4.79 Å². The molecule has 1 heterocycles. The quantitative estimate of drug-likeness (QED) is 0.537. The lowest BCUT2D eigenvalue weighted by Gasteiger charge is -2.28. The molecule has 0 aliphatic carbocycles. The highest BCUT2D eigenvalue weighted by Gasteiger charge is 2.26. The summed E-state index contributed by atoms with van der Waals surface area (Å²) in [6, 6.07) is -0.154. The first kappa shape index (κ1) is 19.9. The lowest BCUT2D eigenvalue weighted by atomic mass is 10.1. The summed E-state index contributed by atoms with van der Waals surface area (Å²) in [5, 5.41) is 2.63. The second-order valence-electron chi connectivity index (χ2n) is 7.66. The molecule has 0 spiro atoms. The minimum Gasteiger partial charge on any atom is -0.442 e. The van der Waals surface area contributed by atoms with Crippen LogP contribution in [0.1, 0.15) is 54.4 Å². The molecule has 1 N–H and O–H groups in total. The summed E-state index contributed by atoms with van der Waals surface area (Å²) < 4.78 is 10.3. The molecule has 0 saturated carbocycles. The number of hydrogen-bond donors (Lipinski definition) is 1. The Balaban J connectivity index is 2.88. The fourth-order valence-corrected chi connectivity index (χ4v) is 1.88. The van der Waals surface area contributed by atoms with E-state index in [-0.39, 0.29) is 11.8 Å². The molecule has 0 atom stereocenters. The predicted octanol–water partition coefficient (Wildman–Crippen LogP) is 2.47. The Morgan fingerprint density at radius 1 is 1.08 bits per heavy atom. The van der Waals surface area contributed by atoms with E-state index in [9.17, 15) is 14.4 Å². The van der Waals surface area contributed by atoms with E-state index in [1.54, 1.807) is 46.4 Å². The number of aliphatic imine (C=N–C) groups is 1. The number of likely N-dealkylation sites (tertiary alicyclic amines) is 1. The summed E-state index contributed by atoms with van der Waals surface area (Å²) in [4.78, 5) is 40.6. The van der Waals surface area contributed by atoms with Gasteiger partial charge in [-0.2, -0.15) is 0 Å². The molecule has 136 valence electrons. The standard InChI is InChI=1S/C16H27N3O5/c1-15(2,3)18-14(22)23-12(17-13(21)24-16(4,5)6)19-9-7-11(20)8-10-19/h7-10H2,1-6H3,(H,18,22). The van der Waals surface area contributed by atoms with E-state index < -0.39 is 23.3 Å². The largest absolute Gasteiger partial charge is 0.442 e. The number of nitrogens with zero attached hydrogens (tertiary/aromatic N) is 2. The first-order chi connectivity index (χ1) is 10.9. The van der Waals surface area contributed by atoms with E-state index in [1.165, 1.54) is 0 Å². The van der Waals surface area contributed by atoms with Crippen molar-refractivity contribution in [1.29, 1.82) is 0 Å². The number of Topliss-reactive ketones (excluding diaryl/α,β-unsaturated/α-hetero) is 1. The molecule has 1 aliphatic heterocycles. The number of alkyl carbamates (subject to hydrolysis) is 1. The van der Waals surface area contributed by atoms with Gasteiger partial charge in [-0.15, -0.1) is 4.99 Å². The fraction of sp³-hybridized carbons (Fsp3) is 0.750. The number of nitrogens with one attached hydrogen (secondary N) is 1. The molecule has 1 fully saturated rings. The number of piperidine rings is 1. The molecule has 0 aromatic rings. The van der Waals surface area contributed by atoms with Crippen LogP contribution in [0.3, 0.4) is 0 Å². The Kier molecular flexibility index (Phi) is 6.34. The molecule has 0 unspecified atom stereocenters. The van der Waals surface area contributed by atoms with E-state index in [2.05, 4.69) is 10.3 Å². The smallest absolute Gasteiger partial charge is 0.438 e. The van der Waals surface area contributed by atoms with Crippen LogP contribution in [0.15, 0.2) is 4.99 Å². The summed E-state index contributed by atoms with van der Waals surface area (Å²) in [7, 11) is 0. The third kappa shape index (κ3) is 7.94. The highest BCUT2D eigenvalue weighted by molar-refractivity contribution is 5.94. The van der Waals surface area contributed by atoms with Crippen molar-refractivity contribution in [2.24, 2.45) is 4.99 Å². The van der Waals surface area contributed by atoms with Crippen molar-refractivity contribution in [3.8, 4) is 0 Å². The highest BCUT2D eigenvalue weighted by Crippen LogP contribution is 2.12. The van der Waals surface area contributed by atoms with Crippen molar-refractivity contribution in [2.45, 2.75) is 65.5 Å². The van der Waals surface area contributed by atoms with Crippen molar-refractivity contribution >= 4 is 24.0 Å². The molecule has 0 bridgehead atoms. The maximum atomic E-state index is 12.0. The lowest BCUT2D eigenvalue weighted by Crippen LogP contribution is -2.46. The zero-order valence-electron chi connectivity index (χ0n) is 15.3. The molecule has 8 heteroatoms. The number of ketones is 1. The molecule has 0 radical (unpaired) electrons. The summed E-state index contributed by atoms with van der Waals surface area (Å²) >= 11 is 0. The number of carbonyl (C=O) groups excluding carboxylic acids is 3. The van der Waals surface area contributed by atoms with E-state index in [0.29, 0.717) is 25.9 Å². The van der Waals surface area contributed by atoms with Crippen molar-refractivity contribution in [3.05, 3.63) is 0 Å². The molecule has 0 aromatic heterocycles. The van der Waals surface area contributed by atoms with Gasteiger partial charge in [0.25, 0.3) is 0 Å². The molecule has 1 saturated heterocycles. The number of rotatable bonds is 0. The van der Waals surface area contributed by atoms with Gasteiger partial charge in [0.1, 0.15) is 11.4 Å². The molecule has 24 heavy (non-hydrogen) atoms. The SMILES string of the molecule is CC(C)(C)NC(=O)OC(=NC(=O)OC(C)(C)C)N1CCC(=O)CC1. The van der Waals surface area contributed by atoms with Gasteiger partial charge in [0, 0.05) is 31.5 Å². The number of hydrogen-bond acceptors (Lipinski definition) is 5. The van der Waals surface area contributed by atoms with Crippen LogP contribution in [0.5, 0.6) is 0 Å². The second-order valence-corrected chi connectivity index (χ2v) is 7.66. The van der Waals surface area contributed by atoms with E-state index in [0.717, 1.165) is 0 Å². The third-order valence-electron chi connectivity index (χ3n) is 2.83. The van der Waals surface area contributed by atoms with Gasteiger partial charge in [0.05, 0.1) is 0 Å². The van der Waals surface area contributed by atoms with E-state index in [4.69, 9.17) is 9.47 Å². The first-order valence-electron chi connectivity index (χ1n) is 7.94. The maximum absolute atomic E-state index is 12.0. The second kappa shape index (κ2) is 7.63. The van der Waals surface area contributed by atoms with E-state index in [1.807, 2.05) is 0 Å². The summed E-state index contributed by atoms with van der Waals surface area (Å²) in [6.45, 7) is 11.2. The third-order valence-corrected chi connectivity index (χ3v) is 2.83. The van der Waals surface area contributed by atoms with E-state index >= 15 is 0 Å². The number of amidine groups is 1. The van der Waals surface area contributed by atoms with Crippen molar-refractivity contribution < 1.29 is 23.9 Å². The molecule has 1 rings (SSSR count). The summed E-state index contributed by atoms with van der Waals surface area (Å²) in [5.74, 6) is 0.127. The number of ether oxygens (including phenoxy) is 2. The van der Waals surface area contributed by atoms with Gasteiger partial charge in [0.2, 0.25) is 0 Å². The fourth-order valence-electron chi connectivity index (χ4n) is 1.88. The van der Waals surface area contributed by atoms with Crippen LogP contribution in [-0.2, 0) is 14.3 Å². The maximum Gasteiger partial charge on any atom is 0.438 e.